The van der Waals surface area contributed by atoms with E-state index in [4.69, 9.17) is 16.7 Å². The number of nitrogens with zero attached hydrogens (tertiary/aromatic N) is 1. The lowest BCUT2D eigenvalue weighted by Crippen LogP contribution is -2.19. The van der Waals surface area contributed by atoms with Crippen molar-refractivity contribution in [1.29, 1.82) is 0 Å². The summed E-state index contributed by atoms with van der Waals surface area (Å²) in [6.07, 6.45) is 0.518. The third-order valence-electron chi connectivity index (χ3n) is 5.29. The number of carbonyl (C=O) groups is 1. The number of aliphatic hydroxyl groups excluding tert-OH is 2. The molecule has 5 nitrogen and oxygen atoms in total. The van der Waals surface area contributed by atoms with Crippen molar-refractivity contribution in [2.45, 2.75) is 44.8 Å². The van der Waals surface area contributed by atoms with Gasteiger partial charge in [0.05, 0.1) is 24.3 Å². The van der Waals surface area contributed by atoms with E-state index in [-0.39, 0.29) is 18.2 Å². The van der Waals surface area contributed by atoms with Crippen molar-refractivity contribution in [3.05, 3.63) is 77.2 Å². The monoisotopic (exact) mass is 471 g/mol. The first-order valence-corrected chi connectivity index (χ1v) is 11.1. The van der Waals surface area contributed by atoms with Gasteiger partial charge >= 0.3 is 5.97 Å². The molecule has 0 aliphatic heterocycles. The average molecular weight is 472 g/mol. The number of halogens is 2. The molecule has 0 aliphatic carbocycles. The van der Waals surface area contributed by atoms with Crippen molar-refractivity contribution >= 4 is 23.8 Å². The van der Waals surface area contributed by atoms with E-state index in [9.17, 15) is 19.4 Å². The summed E-state index contributed by atoms with van der Waals surface area (Å²) < 4.78 is 15.5. The maximum absolute atomic E-state index is 13.6. The van der Waals surface area contributed by atoms with Crippen LogP contribution >= 0.6 is 11.6 Å². The van der Waals surface area contributed by atoms with Gasteiger partial charge in [-0.05, 0) is 47.9 Å². The fourth-order valence-corrected chi connectivity index (χ4v) is 3.95. The second-order valence-corrected chi connectivity index (χ2v) is 8.71. The third-order valence-corrected chi connectivity index (χ3v) is 5.53. The lowest BCUT2D eigenvalue weighted by Gasteiger charge is -2.15. The number of carboxylic acid groups (broad SMARTS) is 1. The van der Waals surface area contributed by atoms with Crippen LogP contribution in [0.1, 0.15) is 38.3 Å². The van der Waals surface area contributed by atoms with Crippen LogP contribution in [-0.2, 0) is 4.79 Å². The molecule has 0 amide bonds. The number of aromatic nitrogens is 1. The van der Waals surface area contributed by atoms with Crippen molar-refractivity contribution in [2.75, 3.05) is 0 Å². The Balaban J connectivity index is 2.11. The van der Waals surface area contributed by atoms with Crippen molar-refractivity contribution < 1.29 is 24.5 Å². The number of hydrogen-bond acceptors (Lipinski definition) is 3. The van der Waals surface area contributed by atoms with E-state index >= 15 is 0 Å². The molecule has 3 aromatic rings. The van der Waals surface area contributed by atoms with Gasteiger partial charge in [-0.2, -0.15) is 0 Å². The molecule has 0 spiro atoms. The van der Waals surface area contributed by atoms with Crippen molar-refractivity contribution in [2.24, 2.45) is 0 Å². The number of carboxylic acids is 1. The second kappa shape index (κ2) is 10.8. The standard InChI is InChI=1S/C26H27ClFNO4/c1-16(2)24-15-23(17-6-8-20(28)9-7-17)26(18-4-3-5-19(27)12-18)29(24)11-10-21(30)13-22(31)14-25(32)33/h3-12,15-16,21-22,30-31H,13-14H2,1-2H3,(H,32,33)/b11-10+/t21-,22-/m1/s1. The quantitative estimate of drug-likeness (QED) is 0.368. The molecule has 0 saturated heterocycles. The van der Waals surface area contributed by atoms with E-state index in [1.807, 2.05) is 42.7 Å². The first kappa shape index (κ1) is 24.7. The maximum Gasteiger partial charge on any atom is 0.305 e. The summed E-state index contributed by atoms with van der Waals surface area (Å²) in [6, 6.07) is 15.7. The number of rotatable bonds is 9. The van der Waals surface area contributed by atoms with Gasteiger partial charge in [-0.15, -0.1) is 0 Å². The highest BCUT2D eigenvalue weighted by Gasteiger charge is 2.20. The lowest BCUT2D eigenvalue weighted by atomic mass is 10.0. The summed E-state index contributed by atoms with van der Waals surface area (Å²) in [5.41, 5.74) is 4.34. The summed E-state index contributed by atoms with van der Waals surface area (Å²) in [5.74, 6) is -1.33. The molecule has 33 heavy (non-hydrogen) atoms. The van der Waals surface area contributed by atoms with Gasteiger partial charge < -0.3 is 19.9 Å². The molecule has 0 fully saturated rings. The molecule has 0 unspecified atom stereocenters. The first-order chi connectivity index (χ1) is 15.7. The molecule has 1 heterocycles. The molecule has 3 rings (SSSR count). The minimum absolute atomic E-state index is 0.0988. The largest absolute Gasteiger partial charge is 0.481 e. The SMILES string of the molecule is CC(C)c1cc(-c2ccc(F)cc2)c(-c2cccc(Cl)c2)n1/C=C/[C@@H](O)C[C@@H](O)CC(=O)O. The van der Waals surface area contributed by atoms with Gasteiger partial charge in [-0.1, -0.05) is 49.7 Å². The van der Waals surface area contributed by atoms with E-state index < -0.39 is 24.6 Å². The normalized spacial score (nSPS) is 13.5. The molecule has 2 aromatic carbocycles. The van der Waals surface area contributed by atoms with Crippen LogP contribution in [0.3, 0.4) is 0 Å². The summed E-state index contributed by atoms with van der Waals surface area (Å²) in [4.78, 5) is 10.8. The van der Waals surface area contributed by atoms with Gasteiger partial charge in [0.2, 0.25) is 0 Å². The Morgan fingerprint density at radius 2 is 1.79 bits per heavy atom. The van der Waals surface area contributed by atoms with Gasteiger partial charge in [0.15, 0.2) is 0 Å². The van der Waals surface area contributed by atoms with Crippen molar-refractivity contribution in [1.82, 2.24) is 4.57 Å². The maximum atomic E-state index is 13.6. The highest BCUT2D eigenvalue weighted by atomic mass is 35.5. The molecule has 0 bridgehead atoms. The van der Waals surface area contributed by atoms with Gasteiger partial charge in [0.1, 0.15) is 5.82 Å². The molecule has 0 saturated carbocycles. The Hall–Kier alpha value is -2.93. The second-order valence-electron chi connectivity index (χ2n) is 8.27. The molecule has 0 aliphatic rings. The first-order valence-electron chi connectivity index (χ1n) is 10.7. The Kier molecular flexibility index (Phi) is 8.08. The zero-order chi connectivity index (χ0) is 24.1. The Morgan fingerprint density at radius 3 is 2.39 bits per heavy atom. The van der Waals surface area contributed by atoms with Crippen molar-refractivity contribution in [3.63, 3.8) is 0 Å². The van der Waals surface area contributed by atoms with Crippen LogP contribution in [0, 0.1) is 5.82 Å². The summed E-state index contributed by atoms with van der Waals surface area (Å²) in [5, 5.41) is 29.6. The van der Waals surface area contributed by atoms with Crippen LogP contribution in [0.5, 0.6) is 0 Å². The fraction of sp³-hybridized carbons (Fsp3) is 0.269. The third kappa shape index (κ3) is 6.32. The van der Waals surface area contributed by atoms with Crippen LogP contribution in [0.25, 0.3) is 28.6 Å². The molecular weight excluding hydrogens is 445 g/mol. The topological polar surface area (TPSA) is 82.7 Å². The van der Waals surface area contributed by atoms with E-state index in [0.717, 1.165) is 28.1 Å². The molecule has 1 aromatic heterocycles. The van der Waals surface area contributed by atoms with Crippen molar-refractivity contribution in [3.8, 4) is 22.4 Å². The number of aliphatic carboxylic acids is 1. The Bertz CT molecular complexity index is 1140. The Morgan fingerprint density at radius 1 is 1.09 bits per heavy atom. The smallest absolute Gasteiger partial charge is 0.305 e. The summed E-state index contributed by atoms with van der Waals surface area (Å²) in [6.45, 7) is 4.09. The predicted molar refractivity (Wildman–Crippen MR) is 129 cm³/mol. The molecule has 2 atom stereocenters. The number of benzene rings is 2. The molecule has 7 heteroatoms. The van der Waals surface area contributed by atoms with Crippen LogP contribution in [0.15, 0.2) is 60.7 Å². The highest BCUT2D eigenvalue weighted by Crippen LogP contribution is 2.38. The van der Waals surface area contributed by atoms with Gasteiger partial charge in [-0.3, -0.25) is 4.79 Å². The number of hydrogen-bond donors (Lipinski definition) is 3. The molecule has 174 valence electrons. The summed E-state index contributed by atoms with van der Waals surface area (Å²) >= 11 is 6.27. The van der Waals surface area contributed by atoms with Crippen LogP contribution in [0.4, 0.5) is 4.39 Å². The number of aliphatic hydroxyl groups is 2. The van der Waals surface area contributed by atoms with Gasteiger partial charge in [-0.25, -0.2) is 4.39 Å². The minimum atomic E-state index is -1.15. The van der Waals surface area contributed by atoms with Crippen LogP contribution in [0.2, 0.25) is 5.02 Å². The predicted octanol–water partition coefficient (Wildman–Crippen LogP) is 5.80. The molecule has 0 radical (unpaired) electrons. The molecular formula is C26H27ClFNO4. The van der Waals surface area contributed by atoms with Gasteiger partial charge in [0, 0.05) is 34.5 Å². The lowest BCUT2D eigenvalue weighted by molar-refractivity contribution is -0.139. The molecule has 3 N–H and O–H groups in total. The van der Waals surface area contributed by atoms with E-state index in [1.54, 1.807) is 24.4 Å². The zero-order valence-electron chi connectivity index (χ0n) is 18.5. The average Bonchev–Trinajstić information content (AvgIpc) is 3.12. The fourth-order valence-electron chi connectivity index (χ4n) is 3.76. The van der Waals surface area contributed by atoms with E-state index in [0.29, 0.717) is 5.02 Å². The van der Waals surface area contributed by atoms with Crippen LogP contribution in [-0.4, -0.2) is 38.1 Å². The van der Waals surface area contributed by atoms with E-state index in [1.165, 1.54) is 18.2 Å². The zero-order valence-corrected chi connectivity index (χ0v) is 19.2. The summed E-state index contributed by atoms with van der Waals surface area (Å²) in [7, 11) is 0. The minimum Gasteiger partial charge on any atom is -0.481 e. The van der Waals surface area contributed by atoms with Gasteiger partial charge in [0.25, 0.3) is 0 Å². The van der Waals surface area contributed by atoms with Crippen LogP contribution < -0.4 is 0 Å². The Labute approximate surface area is 197 Å². The highest BCUT2D eigenvalue weighted by molar-refractivity contribution is 6.30. The van der Waals surface area contributed by atoms with E-state index in [2.05, 4.69) is 0 Å².